The van der Waals surface area contributed by atoms with Crippen molar-refractivity contribution in [3.63, 3.8) is 0 Å². The molecular formula is C22H33FO. The van der Waals surface area contributed by atoms with E-state index >= 15 is 0 Å². The zero-order chi connectivity index (χ0) is 16.8. The van der Waals surface area contributed by atoms with Crippen LogP contribution in [0, 0.1) is 0 Å². The summed E-state index contributed by atoms with van der Waals surface area (Å²) in [5.41, 5.74) is 4.12. The van der Waals surface area contributed by atoms with Gasteiger partial charge in [0.1, 0.15) is 5.75 Å². The number of ether oxygens (including phenoxy) is 1. The number of alkyl halides is 1. The highest BCUT2D eigenvalue weighted by Gasteiger charge is 2.27. The van der Waals surface area contributed by atoms with Crippen LogP contribution in [-0.4, -0.2) is 13.3 Å². The van der Waals surface area contributed by atoms with Gasteiger partial charge in [-0.1, -0.05) is 44.6 Å². The van der Waals surface area contributed by atoms with Crippen molar-refractivity contribution >= 4 is 0 Å². The largest absolute Gasteiger partial charge is 0.494 e. The standard InChI is InChI=1S/C22H33FO/c1-2-24-21-14-13-19(17-9-5-3-6-10-17)20(15-16-23)22(21)18-11-7-4-8-12-18/h13-14,17-18H,2-12,15-16H2,1H3. The lowest BCUT2D eigenvalue weighted by atomic mass is 9.75. The van der Waals surface area contributed by atoms with Crippen LogP contribution in [0.3, 0.4) is 0 Å². The van der Waals surface area contributed by atoms with E-state index in [-0.39, 0.29) is 6.67 Å². The van der Waals surface area contributed by atoms with Gasteiger partial charge in [0, 0.05) is 12.0 Å². The van der Waals surface area contributed by atoms with Gasteiger partial charge >= 0.3 is 0 Å². The van der Waals surface area contributed by atoms with Gasteiger partial charge in [-0.05, 0) is 61.6 Å². The third-order valence-corrected chi connectivity index (χ3v) is 6.06. The molecule has 1 aromatic carbocycles. The maximum absolute atomic E-state index is 13.4. The molecule has 2 fully saturated rings. The van der Waals surface area contributed by atoms with Gasteiger partial charge in [-0.15, -0.1) is 0 Å². The highest BCUT2D eigenvalue weighted by atomic mass is 19.1. The molecule has 0 amide bonds. The first-order valence-electron chi connectivity index (χ1n) is 10.2. The SMILES string of the molecule is CCOc1ccc(C2CCCCC2)c(CCF)c1C1CCCCC1. The van der Waals surface area contributed by atoms with E-state index < -0.39 is 0 Å². The summed E-state index contributed by atoms with van der Waals surface area (Å²) >= 11 is 0. The van der Waals surface area contributed by atoms with Crippen molar-refractivity contribution < 1.29 is 9.13 Å². The number of halogens is 1. The van der Waals surface area contributed by atoms with Crippen LogP contribution >= 0.6 is 0 Å². The maximum atomic E-state index is 13.4. The van der Waals surface area contributed by atoms with Crippen molar-refractivity contribution in [3.05, 3.63) is 28.8 Å². The van der Waals surface area contributed by atoms with Crippen LogP contribution in [0.25, 0.3) is 0 Å². The van der Waals surface area contributed by atoms with Crippen LogP contribution in [0.4, 0.5) is 4.39 Å². The lowest BCUT2D eigenvalue weighted by Gasteiger charge is -2.31. The fourth-order valence-corrected chi connectivity index (χ4v) is 4.95. The Bertz CT molecular complexity index is 513. The van der Waals surface area contributed by atoms with Gasteiger partial charge in [-0.25, -0.2) is 0 Å². The molecule has 0 heterocycles. The number of benzene rings is 1. The zero-order valence-corrected chi connectivity index (χ0v) is 15.3. The van der Waals surface area contributed by atoms with E-state index in [1.165, 1.54) is 80.9 Å². The first-order valence-corrected chi connectivity index (χ1v) is 10.2. The van der Waals surface area contributed by atoms with Gasteiger partial charge in [0.15, 0.2) is 0 Å². The Morgan fingerprint density at radius 3 is 2.12 bits per heavy atom. The number of hydrogen-bond acceptors (Lipinski definition) is 1. The first-order chi connectivity index (χ1) is 11.8. The third-order valence-electron chi connectivity index (χ3n) is 6.06. The molecule has 2 aliphatic carbocycles. The van der Waals surface area contributed by atoms with E-state index in [4.69, 9.17) is 4.74 Å². The summed E-state index contributed by atoms with van der Waals surface area (Å²) in [4.78, 5) is 0. The lowest BCUT2D eigenvalue weighted by Crippen LogP contribution is -2.15. The minimum atomic E-state index is -0.255. The van der Waals surface area contributed by atoms with Crippen LogP contribution in [-0.2, 0) is 6.42 Å². The molecule has 0 aromatic heterocycles. The molecule has 3 rings (SSSR count). The number of hydrogen-bond donors (Lipinski definition) is 0. The number of rotatable bonds is 6. The van der Waals surface area contributed by atoms with E-state index in [9.17, 15) is 4.39 Å². The van der Waals surface area contributed by atoms with Crippen molar-refractivity contribution in [2.75, 3.05) is 13.3 Å². The molecular weight excluding hydrogens is 299 g/mol. The Balaban J connectivity index is 2.02. The van der Waals surface area contributed by atoms with Crippen molar-refractivity contribution in [2.45, 2.75) is 89.4 Å². The molecule has 1 aromatic rings. The molecule has 0 aliphatic heterocycles. The fraction of sp³-hybridized carbons (Fsp3) is 0.727. The molecule has 134 valence electrons. The van der Waals surface area contributed by atoms with Crippen molar-refractivity contribution in [1.82, 2.24) is 0 Å². The molecule has 0 saturated heterocycles. The molecule has 0 atom stereocenters. The van der Waals surface area contributed by atoms with Crippen molar-refractivity contribution in [1.29, 1.82) is 0 Å². The summed E-state index contributed by atoms with van der Waals surface area (Å²) in [6, 6.07) is 4.46. The Morgan fingerprint density at radius 1 is 0.917 bits per heavy atom. The predicted octanol–water partition coefficient (Wildman–Crippen LogP) is 6.69. The van der Waals surface area contributed by atoms with Crippen LogP contribution < -0.4 is 4.74 Å². The molecule has 0 unspecified atom stereocenters. The molecule has 0 radical (unpaired) electrons. The van der Waals surface area contributed by atoms with E-state index in [1.54, 1.807) is 0 Å². The fourth-order valence-electron chi connectivity index (χ4n) is 4.95. The highest BCUT2D eigenvalue weighted by molar-refractivity contribution is 5.49. The van der Waals surface area contributed by atoms with E-state index in [0.29, 0.717) is 24.9 Å². The summed E-state index contributed by atoms with van der Waals surface area (Å²) < 4.78 is 19.4. The lowest BCUT2D eigenvalue weighted by molar-refractivity contribution is 0.326. The molecule has 24 heavy (non-hydrogen) atoms. The van der Waals surface area contributed by atoms with Crippen molar-refractivity contribution in [2.24, 2.45) is 0 Å². The predicted molar refractivity (Wildman–Crippen MR) is 98.9 cm³/mol. The first kappa shape index (κ1) is 17.8. The van der Waals surface area contributed by atoms with Gasteiger partial charge in [0.25, 0.3) is 0 Å². The Hall–Kier alpha value is -1.05. The van der Waals surface area contributed by atoms with Gasteiger partial charge < -0.3 is 4.74 Å². The van der Waals surface area contributed by atoms with Gasteiger partial charge in [0.05, 0.1) is 13.3 Å². The summed E-state index contributed by atoms with van der Waals surface area (Å²) in [5, 5.41) is 0. The average Bonchev–Trinajstić information content (AvgIpc) is 2.64. The summed E-state index contributed by atoms with van der Waals surface area (Å²) in [6.45, 7) is 2.49. The van der Waals surface area contributed by atoms with Gasteiger partial charge in [-0.3, -0.25) is 4.39 Å². The smallest absolute Gasteiger partial charge is 0.123 e. The second-order valence-corrected chi connectivity index (χ2v) is 7.59. The summed E-state index contributed by atoms with van der Waals surface area (Å²) in [7, 11) is 0. The summed E-state index contributed by atoms with van der Waals surface area (Å²) in [6.07, 6.45) is 13.6. The Labute approximate surface area is 147 Å². The van der Waals surface area contributed by atoms with Crippen LogP contribution in [0.2, 0.25) is 0 Å². The minimum absolute atomic E-state index is 0.255. The molecule has 0 spiro atoms. The molecule has 2 heteroatoms. The summed E-state index contributed by atoms with van der Waals surface area (Å²) in [5.74, 6) is 2.25. The second kappa shape index (κ2) is 8.87. The average molecular weight is 333 g/mol. The molecule has 2 saturated carbocycles. The van der Waals surface area contributed by atoms with E-state index in [0.717, 1.165) is 5.75 Å². The zero-order valence-electron chi connectivity index (χ0n) is 15.3. The monoisotopic (exact) mass is 332 g/mol. The van der Waals surface area contributed by atoms with Gasteiger partial charge in [-0.2, -0.15) is 0 Å². The molecule has 1 nitrogen and oxygen atoms in total. The molecule has 0 bridgehead atoms. The third kappa shape index (κ3) is 3.95. The van der Waals surface area contributed by atoms with Crippen LogP contribution in [0.15, 0.2) is 12.1 Å². The van der Waals surface area contributed by atoms with Crippen LogP contribution in [0.5, 0.6) is 5.75 Å². The van der Waals surface area contributed by atoms with E-state index in [1.807, 2.05) is 0 Å². The highest BCUT2D eigenvalue weighted by Crippen LogP contribution is 2.44. The minimum Gasteiger partial charge on any atom is -0.494 e. The Morgan fingerprint density at radius 2 is 1.54 bits per heavy atom. The van der Waals surface area contributed by atoms with Gasteiger partial charge in [0.2, 0.25) is 0 Å². The Kier molecular flexibility index (Phi) is 6.57. The van der Waals surface area contributed by atoms with Crippen molar-refractivity contribution in [3.8, 4) is 5.75 Å². The van der Waals surface area contributed by atoms with Crippen LogP contribution in [0.1, 0.15) is 99.7 Å². The second-order valence-electron chi connectivity index (χ2n) is 7.59. The molecule has 0 N–H and O–H groups in total. The topological polar surface area (TPSA) is 9.23 Å². The normalized spacial score (nSPS) is 20.2. The molecule has 2 aliphatic rings. The maximum Gasteiger partial charge on any atom is 0.123 e. The quantitative estimate of drug-likeness (QED) is 0.563. The van der Waals surface area contributed by atoms with E-state index in [2.05, 4.69) is 19.1 Å².